The molecule has 0 saturated carbocycles. The summed E-state index contributed by atoms with van der Waals surface area (Å²) in [5.74, 6) is -2.27. The zero-order valence-electron chi connectivity index (χ0n) is 12.1. The number of nitrogens with zero attached hydrogens (tertiary/aromatic N) is 1. The number of benzene rings is 1. The van der Waals surface area contributed by atoms with E-state index in [-0.39, 0.29) is 17.4 Å². The molecule has 1 aromatic heterocycles. The highest BCUT2D eigenvalue weighted by Gasteiger charge is 2.35. The van der Waals surface area contributed by atoms with Crippen LogP contribution in [0.4, 0.5) is 14.5 Å². The van der Waals surface area contributed by atoms with Gasteiger partial charge in [-0.05, 0) is 37.1 Å². The minimum atomic E-state index is -0.782. The molecule has 1 aliphatic heterocycles. The van der Waals surface area contributed by atoms with Gasteiger partial charge < -0.3 is 14.6 Å². The fraction of sp³-hybridized carbons (Fsp3) is 0.250. The van der Waals surface area contributed by atoms with Crippen molar-refractivity contribution >= 4 is 17.5 Å². The highest BCUT2D eigenvalue weighted by molar-refractivity contribution is 6.00. The Balaban J connectivity index is 1.74. The third kappa shape index (κ3) is 3.23. The van der Waals surface area contributed by atoms with E-state index in [9.17, 15) is 18.4 Å². The van der Waals surface area contributed by atoms with Crippen molar-refractivity contribution in [3.05, 3.63) is 54.0 Å². The summed E-state index contributed by atoms with van der Waals surface area (Å²) in [7, 11) is 0. The number of amides is 2. The summed E-state index contributed by atoms with van der Waals surface area (Å²) in [6, 6.07) is 5.19. The first kappa shape index (κ1) is 15.2. The number of hydrogen-bond donors (Lipinski definition) is 1. The average molecular weight is 320 g/mol. The van der Waals surface area contributed by atoms with Crippen molar-refractivity contribution in [2.45, 2.75) is 18.9 Å². The number of nitrogens with one attached hydrogen (secondary N) is 1. The minimum Gasteiger partial charge on any atom is -0.459 e. The molecule has 0 aliphatic carbocycles. The zero-order chi connectivity index (χ0) is 16.4. The molecule has 1 saturated heterocycles. The summed E-state index contributed by atoms with van der Waals surface area (Å²) in [5.41, 5.74) is 0.0183. The van der Waals surface area contributed by atoms with E-state index >= 15 is 0 Å². The number of carbonyl (C=O) groups excluding carboxylic acids is 2. The van der Waals surface area contributed by atoms with Crippen LogP contribution in [0.3, 0.4) is 0 Å². The Morgan fingerprint density at radius 2 is 1.96 bits per heavy atom. The number of carbonyl (C=O) groups is 2. The SMILES string of the molecule is O=C(Nc1cc(F)cc(F)c1)[C@@H]1CCCN1C(=O)c1ccco1. The maximum atomic E-state index is 13.2. The zero-order valence-corrected chi connectivity index (χ0v) is 12.1. The molecule has 0 bridgehead atoms. The molecule has 0 spiro atoms. The van der Waals surface area contributed by atoms with Crippen molar-refractivity contribution < 1.29 is 22.8 Å². The van der Waals surface area contributed by atoms with Crippen LogP contribution in [-0.2, 0) is 4.79 Å². The van der Waals surface area contributed by atoms with E-state index in [4.69, 9.17) is 4.42 Å². The van der Waals surface area contributed by atoms with Gasteiger partial charge in [-0.3, -0.25) is 9.59 Å². The number of furan rings is 1. The van der Waals surface area contributed by atoms with Crippen LogP contribution in [0.1, 0.15) is 23.4 Å². The van der Waals surface area contributed by atoms with Gasteiger partial charge in [-0.1, -0.05) is 0 Å². The van der Waals surface area contributed by atoms with Gasteiger partial charge in [0.15, 0.2) is 5.76 Å². The van der Waals surface area contributed by atoms with Crippen LogP contribution < -0.4 is 5.32 Å². The van der Waals surface area contributed by atoms with Gasteiger partial charge in [-0.2, -0.15) is 0 Å². The monoisotopic (exact) mass is 320 g/mol. The lowest BCUT2D eigenvalue weighted by molar-refractivity contribution is -0.119. The number of rotatable bonds is 3. The fourth-order valence-corrected chi connectivity index (χ4v) is 2.68. The quantitative estimate of drug-likeness (QED) is 0.946. The Morgan fingerprint density at radius 3 is 2.61 bits per heavy atom. The summed E-state index contributed by atoms with van der Waals surface area (Å²) in [6.45, 7) is 0.426. The van der Waals surface area contributed by atoms with Gasteiger partial charge in [-0.25, -0.2) is 8.78 Å². The predicted octanol–water partition coefficient (Wildman–Crippen LogP) is 2.80. The molecular weight excluding hydrogens is 306 g/mol. The van der Waals surface area contributed by atoms with E-state index in [1.807, 2.05) is 0 Å². The Hall–Kier alpha value is -2.70. The molecule has 2 heterocycles. The Bertz CT molecular complexity index is 711. The third-order valence-electron chi connectivity index (χ3n) is 3.68. The van der Waals surface area contributed by atoms with E-state index in [0.717, 1.165) is 18.2 Å². The normalized spacial score (nSPS) is 17.3. The Kier molecular flexibility index (Phi) is 4.10. The topological polar surface area (TPSA) is 62.6 Å². The Labute approximate surface area is 130 Å². The lowest BCUT2D eigenvalue weighted by atomic mass is 10.2. The summed E-state index contributed by atoms with van der Waals surface area (Å²) in [4.78, 5) is 26.1. The standard InChI is InChI=1S/C16H14F2N2O3/c17-10-7-11(18)9-12(8-10)19-15(21)13-3-1-5-20(13)16(22)14-4-2-6-23-14/h2,4,6-9,13H,1,3,5H2,(H,19,21)/t13-/m0/s1. The van der Waals surface area contributed by atoms with Crippen molar-refractivity contribution in [1.82, 2.24) is 4.90 Å². The second kappa shape index (κ2) is 6.20. The van der Waals surface area contributed by atoms with Gasteiger partial charge in [0.1, 0.15) is 17.7 Å². The summed E-state index contributed by atoms with van der Waals surface area (Å²) in [5, 5.41) is 2.45. The largest absolute Gasteiger partial charge is 0.459 e. The molecule has 1 atom stereocenters. The van der Waals surface area contributed by atoms with Gasteiger partial charge in [0.05, 0.1) is 6.26 Å². The van der Waals surface area contributed by atoms with Crippen LogP contribution in [0.25, 0.3) is 0 Å². The van der Waals surface area contributed by atoms with Gasteiger partial charge in [0, 0.05) is 18.3 Å². The van der Waals surface area contributed by atoms with E-state index in [2.05, 4.69) is 5.32 Å². The van der Waals surface area contributed by atoms with Gasteiger partial charge in [-0.15, -0.1) is 0 Å². The summed E-state index contributed by atoms with van der Waals surface area (Å²) >= 11 is 0. The van der Waals surface area contributed by atoms with E-state index < -0.39 is 23.6 Å². The van der Waals surface area contributed by atoms with Crippen molar-refractivity contribution in [2.24, 2.45) is 0 Å². The molecule has 2 aromatic rings. The second-order valence-electron chi connectivity index (χ2n) is 5.28. The molecule has 3 rings (SSSR count). The van der Waals surface area contributed by atoms with Gasteiger partial charge in [0.2, 0.25) is 5.91 Å². The molecular formula is C16H14F2N2O3. The molecule has 1 aromatic carbocycles. The molecule has 5 nitrogen and oxygen atoms in total. The average Bonchev–Trinajstić information content (AvgIpc) is 3.17. The third-order valence-corrected chi connectivity index (χ3v) is 3.68. The number of hydrogen-bond acceptors (Lipinski definition) is 3. The van der Waals surface area contributed by atoms with Crippen LogP contribution in [0.5, 0.6) is 0 Å². The molecule has 1 aliphatic rings. The fourth-order valence-electron chi connectivity index (χ4n) is 2.68. The first-order chi connectivity index (χ1) is 11.0. The van der Waals surface area contributed by atoms with Crippen molar-refractivity contribution in [3.8, 4) is 0 Å². The van der Waals surface area contributed by atoms with Crippen molar-refractivity contribution in [1.29, 1.82) is 0 Å². The molecule has 1 N–H and O–H groups in total. The summed E-state index contributed by atoms with van der Waals surface area (Å²) < 4.78 is 31.4. The second-order valence-corrected chi connectivity index (χ2v) is 5.28. The van der Waals surface area contributed by atoms with Crippen LogP contribution >= 0.6 is 0 Å². The molecule has 0 radical (unpaired) electrons. The molecule has 120 valence electrons. The molecule has 0 unspecified atom stereocenters. The molecule has 2 amide bonds. The molecule has 7 heteroatoms. The summed E-state index contributed by atoms with van der Waals surface area (Å²) in [6.07, 6.45) is 2.53. The molecule has 1 fully saturated rings. The maximum Gasteiger partial charge on any atom is 0.290 e. The van der Waals surface area contributed by atoms with Crippen LogP contribution in [-0.4, -0.2) is 29.3 Å². The van der Waals surface area contributed by atoms with Crippen LogP contribution in [0.15, 0.2) is 41.0 Å². The first-order valence-electron chi connectivity index (χ1n) is 7.16. The highest BCUT2D eigenvalue weighted by Crippen LogP contribution is 2.22. The van der Waals surface area contributed by atoms with Crippen LogP contribution in [0, 0.1) is 11.6 Å². The number of likely N-dealkylation sites (tertiary alicyclic amines) is 1. The Morgan fingerprint density at radius 1 is 1.22 bits per heavy atom. The molecule has 23 heavy (non-hydrogen) atoms. The van der Waals surface area contributed by atoms with Crippen molar-refractivity contribution in [3.63, 3.8) is 0 Å². The van der Waals surface area contributed by atoms with Crippen molar-refractivity contribution in [2.75, 3.05) is 11.9 Å². The number of anilines is 1. The maximum absolute atomic E-state index is 13.2. The van der Waals surface area contributed by atoms with E-state index in [1.165, 1.54) is 17.2 Å². The highest BCUT2D eigenvalue weighted by atomic mass is 19.1. The predicted molar refractivity (Wildman–Crippen MR) is 77.8 cm³/mol. The first-order valence-corrected chi connectivity index (χ1v) is 7.16. The number of halogens is 2. The lowest BCUT2D eigenvalue weighted by Crippen LogP contribution is -2.43. The lowest BCUT2D eigenvalue weighted by Gasteiger charge is -2.23. The van der Waals surface area contributed by atoms with Gasteiger partial charge >= 0.3 is 0 Å². The van der Waals surface area contributed by atoms with E-state index in [1.54, 1.807) is 6.07 Å². The smallest absolute Gasteiger partial charge is 0.290 e. The van der Waals surface area contributed by atoms with Gasteiger partial charge in [0.25, 0.3) is 5.91 Å². The minimum absolute atomic E-state index is 0.0183. The van der Waals surface area contributed by atoms with E-state index in [0.29, 0.717) is 19.4 Å². The van der Waals surface area contributed by atoms with Crippen LogP contribution in [0.2, 0.25) is 0 Å².